The third-order valence-electron chi connectivity index (χ3n) is 4.16. The van der Waals surface area contributed by atoms with Crippen molar-refractivity contribution in [2.24, 2.45) is 11.8 Å². The van der Waals surface area contributed by atoms with Crippen LogP contribution in [-0.4, -0.2) is 39.7 Å². The van der Waals surface area contributed by atoms with Crippen LogP contribution >= 0.6 is 11.8 Å². The largest absolute Gasteiger partial charge is 0.336 e. The van der Waals surface area contributed by atoms with Crippen molar-refractivity contribution in [1.29, 1.82) is 0 Å². The maximum absolute atomic E-state index is 12.4. The summed E-state index contributed by atoms with van der Waals surface area (Å²) in [5, 5.41) is 0.539. The molecule has 0 radical (unpaired) electrons. The summed E-state index contributed by atoms with van der Waals surface area (Å²) in [6.45, 7) is 16.4. The van der Waals surface area contributed by atoms with Gasteiger partial charge < -0.3 is 4.90 Å². The first-order valence-electron chi connectivity index (χ1n) is 7.87. The lowest BCUT2D eigenvalue weighted by Crippen LogP contribution is -2.43. The van der Waals surface area contributed by atoms with Gasteiger partial charge in [0, 0.05) is 24.1 Å². The molecule has 2 atom stereocenters. The van der Waals surface area contributed by atoms with Gasteiger partial charge in [-0.2, -0.15) is 11.8 Å². The summed E-state index contributed by atoms with van der Waals surface area (Å²) in [5.41, 5.74) is 0. The second-order valence-corrected chi connectivity index (χ2v) is 9.34. The van der Waals surface area contributed by atoms with E-state index < -0.39 is 0 Å². The van der Waals surface area contributed by atoms with Crippen molar-refractivity contribution < 1.29 is 9.59 Å². The van der Waals surface area contributed by atoms with Crippen molar-refractivity contribution in [3.63, 3.8) is 0 Å². The minimum Gasteiger partial charge on any atom is -0.336 e. The van der Waals surface area contributed by atoms with E-state index in [0.29, 0.717) is 11.7 Å². The first-order valence-corrected chi connectivity index (χ1v) is 8.75. The third-order valence-corrected chi connectivity index (χ3v) is 5.64. The van der Waals surface area contributed by atoms with Gasteiger partial charge in [0.05, 0.1) is 6.04 Å². The Balaban J connectivity index is 4.71. The van der Waals surface area contributed by atoms with E-state index in [4.69, 9.17) is 0 Å². The maximum Gasteiger partial charge on any atom is 0.223 e. The van der Waals surface area contributed by atoms with Gasteiger partial charge in [-0.05, 0) is 18.1 Å². The molecule has 3 nitrogen and oxygen atoms in total. The molecule has 0 aliphatic rings. The van der Waals surface area contributed by atoms with Crippen LogP contribution in [0.3, 0.4) is 0 Å². The van der Waals surface area contributed by atoms with Gasteiger partial charge in [0.15, 0.2) is 5.78 Å². The summed E-state index contributed by atoms with van der Waals surface area (Å²) in [4.78, 5) is 26.0. The number of nitrogens with zero attached hydrogens (tertiary/aromatic N) is 1. The first kappa shape index (κ1) is 20.5. The number of hydrogen-bond acceptors (Lipinski definition) is 3. The Morgan fingerprint density at radius 1 is 1.05 bits per heavy atom. The van der Waals surface area contributed by atoms with E-state index in [1.807, 2.05) is 32.5 Å². The molecule has 0 spiro atoms. The summed E-state index contributed by atoms with van der Waals surface area (Å²) in [6.07, 6.45) is 0.485. The van der Waals surface area contributed by atoms with Gasteiger partial charge in [-0.15, -0.1) is 0 Å². The molecule has 1 amide bonds. The number of amides is 1. The molecule has 0 saturated heterocycles. The molecule has 0 aromatic carbocycles. The molecule has 0 aromatic rings. The van der Waals surface area contributed by atoms with E-state index in [1.54, 1.807) is 11.9 Å². The van der Waals surface area contributed by atoms with Crippen molar-refractivity contribution in [3.05, 3.63) is 0 Å². The minimum atomic E-state index is -0.342. The summed E-state index contributed by atoms with van der Waals surface area (Å²) < 4.78 is 0.0515. The summed E-state index contributed by atoms with van der Waals surface area (Å²) in [7, 11) is 1.74. The van der Waals surface area contributed by atoms with Crippen molar-refractivity contribution >= 4 is 23.5 Å². The fourth-order valence-electron chi connectivity index (χ4n) is 2.26. The normalized spacial score (nSPS) is 15.2. The Labute approximate surface area is 135 Å². The van der Waals surface area contributed by atoms with Crippen LogP contribution < -0.4 is 0 Å². The SMILES string of the molecule is CC(C)SC(C)(C)C(C)CC(=O)N(C)C(C)C(=O)C(C)C. The molecular weight excluding hydrogens is 282 g/mol. The standard InChI is InChI=1S/C17H33NO2S/c1-11(2)16(20)14(6)18(9)15(19)10-13(5)17(7,8)21-12(3)4/h11-14H,10H2,1-9H3. The average molecular weight is 316 g/mol. The number of Topliss-reactive ketones (excluding diaryl/α,β-unsaturated/α-hetero) is 1. The molecule has 0 bridgehead atoms. The molecule has 0 fully saturated rings. The fraction of sp³-hybridized carbons (Fsp3) is 0.882. The van der Waals surface area contributed by atoms with Gasteiger partial charge in [-0.3, -0.25) is 9.59 Å². The first-order chi connectivity index (χ1) is 9.40. The molecule has 2 unspecified atom stereocenters. The number of likely N-dealkylation sites (N-methyl/N-ethyl adjacent to an activating group) is 1. The van der Waals surface area contributed by atoms with Crippen LogP contribution in [0.25, 0.3) is 0 Å². The van der Waals surface area contributed by atoms with Crippen molar-refractivity contribution in [3.8, 4) is 0 Å². The van der Waals surface area contributed by atoms with Gasteiger partial charge in [0.25, 0.3) is 0 Å². The average Bonchev–Trinajstić information content (AvgIpc) is 2.34. The monoisotopic (exact) mass is 315 g/mol. The molecule has 4 heteroatoms. The Hall–Kier alpha value is -0.510. The molecule has 0 aromatic heterocycles. The number of ketones is 1. The number of rotatable bonds is 8. The highest BCUT2D eigenvalue weighted by atomic mass is 32.2. The predicted octanol–water partition coefficient (Wildman–Crippen LogP) is 4.00. The lowest BCUT2D eigenvalue weighted by molar-refractivity contribution is -0.139. The smallest absolute Gasteiger partial charge is 0.223 e. The topological polar surface area (TPSA) is 37.4 Å². The van der Waals surface area contributed by atoms with Crippen LogP contribution in [0.4, 0.5) is 0 Å². The molecular formula is C17H33NO2S. The van der Waals surface area contributed by atoms with Gasteiger partial charge in [0.2, 0.25) is 5.91 Å². The van der Waals surface area contributed by atoms with Crippen molar-refractivity contribution in [2.75, 3.05) is 7.05 Å². The van der Waals surface area contributed by atoms with Crippen LogP contribution in [0.1, 0.15) is 61.8 Å². The van der Waals surface area contributed by atoms with E-state index in [-0.39, 0.29) is 34.3 Å². The van der Waals surface area contributed by atoms with Crippen LogP contribution in [-0.2, 0) is 9.59 Å². The molecule has 0 aliphatic carbocycles. The second kappa shape index (κ2) is 8.21. The highest BCUT2D eigenvalue weighted by Crippen LogP contribution is 2.37. The van der Waals surface area contributed by atoms with E-state index in [0.717, 1.165) is 0 Å². The lowest BCUT2D eigenvalue weighted by atomic mass is 9.92. The van der Waals surface area contributed by atoms with E-state index >= 15 is 0 Å². The Kier molecular flexibility index (Phi) is 8.01. The number of hydrogen-bond donors (Lipinski definition) is 0. The van der Waals surface area contributed by atoms with Gasteiger partial charge >= 0.3 is 0 Å². The van der Waals surface area contributed by atoms with Gasteiger partial charge in [0.1, 0.15) is 0 Å². The Bertz CT molecular complexity index is 364. The Morgan fingerprint density at radius 3 is 1.90 bits per heavy atom. The minimum absolute atomic E-state index is 0.0411. The van der Waals surface area contributed by atoms with Crippen LogP contribution in [0.15, 0.2) is 0 Å². The summed E-state index contributed by atoms with van der Waals surface area (Å²) >= 11 is 1.90. The van der Waals surface area contributed by atoms with Gasteiger partial charge in [-0.1, -0.05) is 48.5 Å². The van der Waals surface area contributed by atoms with E-state index in [1.165, 1.54) is 0 Å². The molecule has 0 heterocycles. The summed E-state index contributed by atoms with van der Waals surface area (Å²) in [6, 6.07) is -0.342. The number of carbonyl (C=O) groups excluding carboxylic acids is 2. The highest BCUT2D eigenvalue weighted by Gasteiger charge is 2.32. The molecule has 124 valence electrons. The highest BCUT2D eigenvalue weighted by molar-refractivity contribution is 8.01. The van der Waals surface area contributed by atoms with Crippen molar-refractivity contribution in [1.82, 2.24) is 4.90 Å². The molecule has 0 rings (SSSR count). The van der Waals surface area contributed by atoms with E-state index in [9.17, 15) is 9.59 Å². The maximum atomic E-state index is 12.4. The number of thioether (sulfide) groups is 1. The number of carbonyl (C=O) groups is 2. The van der Waals surface area contributed by atoms with Crippen LogP contribution in [0, 0.1) is 11.8 Å². The third kappa shape index (κ3) is 6.41. The lowest BCUT2D eigenvalue weighted by Gasteiger charge is -2.34. The zero-order valence-corrected chi connectivity index (χ0v) is 16.0. The molecule has 0 N–H and O–H groups in total. The van der Waals surface area contributed by atoms with Gasteiger partial charge in [-0.25, -0.2) is 0 Å². The molecule has 0 aliphatic heterocycles. The summed E-state index contributed by atoms with van der Waals surface area (Å²) in [5.74, 6) is 0.401. The zero-order valence-electron chi connectivity index (χ0n) is 15.2. The van der Waals surface area contributed by atoms with Crippen LogP contribution in [0.5, 0.6) is 0 Å². The molecule has 21 heavy (non-hydrogen) atoms. The Morgan fingerprint density at radius 2 is 1.52 bits per heavy atom. The van der Waals surface area contributed by atoms with E-state index in [2.05, 4.69) is 34.6 Å². The predicted molar refractivity (Wildman–Crippen MR) is 92.7 cm³/mol. The quantitative estimate of drug-likeness (QED) is 0.679. The fourth-order valence-corrected chi connectivity index (χ4v) is 3.80. The van der Waals surface area contributed by atoms with Crippen molar-refractivity contribution in [2.45, 2.75) is 77.8 Å². The van der Waals surface area contributed by atoms with Crippen LogP contribution in [0.2, 0.25) is 0 Å². The second-order valence-electron chi connectivity index (χ2n) is 7.11. The molecule has 0 saturated carbocycles. The zero-order chi connectivity index (χ0) is 17.0.